The van der Waals surface area contributed by atoms with Gasteiger partial charge < -0.3 is 5.11 Å². The number of benzene rings is 2. The third kappa shape index (κ3) is 3.40. The molecule has 1 aliphatic heterocycles. The summed E-state index contributed by atoms with van der Waals surface area (Å²) in [7, 11) is 0. The van der Waals surface area contributed by atoms with Crippen LogP contribution in [0.3, 0.4) is 0 Å². The van der Waals surface area contributed by atoms with E-state index in [1.54, 1.807) is 0 Å². The van der Waals surface area contributed by atoms with Gasteiger partial charge in [-0.15, -0.1) is 0 Å². The summed E-state index contributed by atoms with van der Waals surface area (Å²) in [6.45, 7) is 0.554. The molecule has 0 atom stereocenters. The Bertz CT molecular complexity index is 628. The molecule has 0 saturated carbocycles. The lowest BCUT2D eigenvalue weighted by atomic mass is 10.1. The molecule has 3 rings (SSSR count). The number of amides is 2. The molecule has 2 aromatic carbocycles. The van der Waals surface area contributed by atoms with E-state index in [1.807, 2.05) is 60.7 Å². The van der Waals surface area contributed by atoms with Crippen molar-refractivity contribution in [1.82, 2.24) is 9.80 Å². The first-order chi connectivity index (χ1) is 11.1. The average molecular weight is 310 g/mol. The first-order valence-corrected chi connectivity index (χ1v) is 7.50. The van der Waals surface area contributed by atoms with Gasteiger partial charge in [-0.3, -0.25) is 19.4 Å². The van der Waals surface area contributed by atoms with Crippen molar-refractivity contribution in [3.8, 4) is 0 Å². The molecule has 1 fully saturated rings. The second-order valence-electron chi connectivity index (χ2n) is 5.54. The molecule has 1 heterocycles. The summed E-state index contributed by atoms with van der Waals surface area (Å²) in [6, 6.07) is 18.8. The van der Waals surface area contributed by atoms with Gasteiger partial charge in [0.2, 0.25) is 18.2 Å². The lowest BCUT2D eigenvalue weighted by Crippen LogP contribution is -2.57. The van der Waals surface area contributed by atoms with Crippen LogP contribution >= 0.6 is 0 Å². The minimum absolute atomic E-state index is 0.212. The van der Waals surface area contributed by atoms with Crippen LogP contribution in [-0.4, -0.2) is 33.1 Å². The fourth-order valence-electron chi connectivity index (χ4n) is 2.66. The molecule has 0 unspecified atom stereocenters. The van der Waals surface area contributed by atoms with E-state index in [0.29, 0.717) is 0 Å². The van der Waals surface area contributed by atoms with Gasteiger partial charge in [0.25, 0.3) is 0 Å². The fraction of sp³-hybridized carbons (Fsp3) is 0.222. The highest BCUT2D eigenvalue weighted by Crippen LogP contribution is 2.20. The molecule has 1 saturated heterocycles. The summed E-state index contributed by atoms with van der Waals surface area (Å²) in [5.74, 6) is -0.702. The van der Waals surface area contributed by atoms with Crippen LogP contribution in [0.4, 0.5) is 0 Å². The number of carbonyl (C=O) groups excluding carboxylic acids is 2. The first-order valence-electron chi connectivity index (χ1n) is 7.50. The normalized spacial score (nSPS) is 16.0. The summed E-state index contributed by atoms with van der Waals surface area (Å²) in [6.07, 6.45) is -1.46. The van der Waals surface area contributed by atoms with Crippen molar-refractivity contribution in [1.29, 1.82) is 0 Å². The SMILES string of the molecule is O=C1CC(=O)N(Cc2ccccc2)C(O)N1Cc1ccccc1. The van der Waals surface area contributed by atoms with Crippen LogP contribution in [0.25, 0.3) is 0 Å². The predicted octanol–water partition coefficient (Wildman–Crippen LogP) is 1.72. The lowest BCUT2D eigenvalue weighted by molar-refractivity contribution is -0.185. The maximum absolute atomic E-state index is 12.1. The van der Waals surface area contributed by atoms with Crippen LogP contribution in [0.1, 0.15) is 17.5 Å². The smallest absolute Gasteiger partial charge is 0.235 e. The Morgan fingerprint density at radius 1 is 0.783 bits per heavy atom. The summed E-state index contributed by atoms with van der Waals surface area (Å²) >= 11 is 0. The highest BCUT2D eigenvalue weighted by molar-refractivity contribution is 5.99. The van der Waals surface area contributed by atoms with Crippen molar-refractivity contribution in [2.45, 2.75) is 25.9 Å². The first kappa shape index (κ1) is 15.2. The number of rotatable bonds is 4. The van der Waals surface area contributed by atoms with Crippen molar-refractivity contribution in [3.05, 3.63) is 71.8 Å². The van der Waals surface area contributed by atoms with Gasteiger partial charge in [0.1, 0.15) is 6.42 Å². The van der Waals surface area contributed by atoms with Gasteiger partial charge in [0, 0.05) is 13.1 Å². The number of aliphatic hydroxyl groups excluding tert-OH is 1. The predicted molar refractivity (Wildman–Crippen MR) is 84.6 cm³/mol. The quantitative estimate of drug-likeness (QED) is 0.875. The van der Waals surface area contributed by atoms with E-state index >= 15 is 0 Å². The fourth-order valence-corrected chi connectivity index (χ4v) is 2.66. The molecule has 0 radical (unpaired) electrons. The van der Waals surface area contributed by atoms with Crippen molar-refractivity contribution < 1.29 is 14.7 Å². The Balaban J connectivity index is 1.78. The minimum atomic E-state index is -1.25. The summed E-state index contributed by atoms with van der Waals surface area (Å²) in [5, 5.41) is 10.5. The number of carbonyl (C=O) groups is 2. The van der Waals surface area contributed by atoms with Crippen molar-refractivity contribution in [2.24, 2.45) is 0 Å². The highest BCUT2D eigenvalue weighted by atomic mass is 16.3. The van der Waals surface area contributed by atoms with Gasteiger partial charge in [-0.1, -0.05) is 60.7 Å². The molecule has 0 bridgehead atoms. The van der Waals surface area contributed by atoms with Gasteiger partial charge in [0.15, 0.2) is 0 Å². The van der Waals surface area contributed by atoms with Gasteiger partial charge in [-0.2, -0.15) is 0 Å². The van der Waals surface area contributed by atoms with Crippen molar-refractivity contribution in [3.63, 3.8) is 0 Å². The molecule has 118 valence electrons. The second-order valence-corrected chi connectivity index (χ2v) is 5.54. The Morgan fingerprint density at radius 2 is 1.17 bits per heavy atom. The van der Waals surface area contributed by atoms with E-state index in [1.165, 1.54) is 9.80 Å². The van der Waals surface area contributed by atoms with E-state index < -0.39 is 6.35 Å². The van der Waals surface area contributed by atoms with Crippen LogP contribution in [-0.2, 0) is 22.7 Å². The zero-order valence-corrected chi connectivity index (χ0v) is 12.6. The van der Waals surface area contributed by atoms with Crippen molar-refractivity contribution >= 4 is 11.8 Å². The van der Waals surface area contributed by atoms with Gasteiger partial charge >= 0.3 is 0 Å². The molecule has 1 N–H and O–H groups in total. The van der Waals surface area contributed by atoms with E-state index in [0.717, 1.165) is 11.1 Å². The topological polar surface area (TPSA) is 60.9 Å². The number of hydrogen-bond donors (Lipinski definition) is 1. The van der Waals surface area contributed by atoms with Gasteiger partial charge in [0.05, 0.1) is 0 Å². The van der Waals surface area contributed by atoms with E-state index in [2.05, 4.69) is 0 Å². The van der Waals surface area contributed by atoms with Crippen LogP contribution in [0, 0.1) is 0 Å². The van der Waals surface area contributed by atoms with E-state index in [9.17, 15) is 14.7 Å². The molecular weight excluding hydrogens is 292 g/mol. The Kier molecular flexibility index (Phi) is 4.39. The zero-order valence-electron chi connectivity index (χ0n) is 12.6. The van der Waals surface area contributed by atoms with E-state index in [-0.39, 0.29) is 31.3 Å². The van der Waals surface area contributed by atoms with Crippen molar-refractivity contribution in [2.75, 3.05) is 0 Å². The second kappa shape index (κ2) is 6.62. The number of nitrogens with zero attached hydrogens (tertiary/aromatic N) is 2. The van der Waals surface area contributed by atoms with Gasteiger partial charge in [-0.05, 0) is 11.1 Å². The maximum Gasteiger partial charge on any atom is 0.235 e. The average Bonchev–Trinajstić information content (AvgIpc) is 2.57. The lowest BCUT2D eigenvalue weighted by Gasteiger charge is -2.40. The minimum Gasteiger partial charge on any atom is -0.356 e. The van der Waals surface area contributed by atoms with Crippen LogP contribution in [0.5, 0.6) is 0 Å². The Hall–Kier alpha value is -2.66. The monoisotopic (exact) mass is 310 g/mol. The summed E-state index contributed by atoms with van der Waals surface area (Å²) in [4.78, 5) is 26.9. The maximum atomic E-state index is 12.1. The summed E-state index contributed by atoms with van der Waals surface area (Å²) in [5.41, 5.74) is 1.82. The molecule has 5 heteroatoms. The molecule has 0 spiro atoms. The molecule has 0 aromatic heterocycles. The number of aliphatic hydroxyl groups is 1. The zero-order chi connectivity index (χ0) is 16.2. The Labute approximate surface area is 134 Å². The standard InChI is InChI=1S/C18H18N2O3/c21-16-11-17(22)20(13-15-9-5-2-6-10-15)18(23)19(16)12-14-7-3-1-4-8-14/h1-10,18,23H,11-13H2. The Morgan fingerprint density at radius 3 is 1.57 bits per heavy atom. The van der Waals surface area contributed by atoms with Crippen LogP contribution < -0.4 is 0 Å². The summed E-state index contributed by atoms with van der Waals surface area (Å²) < 4.78 is 0. The third-order valence-electron chi connectivity index (χ3n) is 3.89. The largest absolute Gasteiger partial charge is 0.356 e. The van der Waals surface area contributed by atoms with E-state index in [4.69, 9.17) is 0 Å². The van der Waals surface area contributed by atoms with Gasteiger partial charge in [-0.25, -0.2) is 0 Å². The third-order valence-corrected chi connectivity index (χ3v) is 3.89. The molecule has 23 heavy (non-hydrogen) atoms. The highest BCUT2D eigenvalue weighted by Gasteiger charge is 2.37. The molecule has 0 aliphatic carbocycles. The number of hydrogen-bond acceptors (Lipinski definition) is 3. The molecule has 1 aliphatic rings. The molecule has 5 nitrogen and oxygen atoms in total. The van der Waals surface area contributed by atoms with Crippen LogP contribution in [0.15, 0.2) is 60.7 Å². The molecule has 2 aromatic rings. The molecular formula is C18H18N2O3. The molecule has 2 amide bonds. The van der Waals surface area contributed by atoms with Crippen LogP contribution in [0.2, 0.25) is 0 Å².